The van der Waals surface area contributed by atoms with E-state index in [0.29, 0.717) is 10.9 Å². The van der Waals surface area contributed by atoms with Gasteiger partial charge in [-0.1, -0.05) is 22.9 Å². The molecule has 1 unspecified atom stereocenters. The van der Waals surface area contributed by atoms with E-state index in [9.17, 15) is 14.9 Å². The summed E-state index contributed by atoms with van der Waals surface area (Å²) >= 11 is 3.10. The van der Waals surface area contributed by atoms with Crippen molar-refractivity contribution in [2.75, 3.05) is 0 Å². The Morgan fingerprint density at radius 2 is 2.24 bits per heavy atom. The first-order valence-electron chi connectivity index (χ1n) is 4.86. The summed E-state index contributed by atoms with van der Waals surface area (Å²) in [7, 11) is 0. The molecule has 0 spiro atoms. The van der Waals surface area contributed by atoms with Gasteiger partial charge in [0, 0.05) is 10.5 Å². The lowest BCUT2D eigenvalue weighted by atomic mass is 10.2. The third kappa shape index (κ3) is 3.79. The van der Waals surface area contributed by atoms with Crippen LogP contribution in [-0.4, -0.2) is 16.9 Å². The first kappa shape index (κ1) is 13.6. The van der Waals surface area contributed by atoms with Crippen LogP contribution in [0.4, 0.5) is 5.69 Å². The molecule has 1 aromatic rings. The molecular weight excluding hydrogens is 292 g/mol. The zero-order valence-electron chi connectivity index (χ0n) is 9.05. The van der Waals surface area contributed by atoms with Crippen molar-refractivity contribution in [3.63, 3.8) is 0 Å². The van der Waals surface area contributed by atoms with Crippen LogP contribution in [0.3, 0.4) is 0 Å². The summed E-state index contributed by atoms with van der Waals surface area (Å²) in [5.74, 6) is -0.514. The smallest absolute Gasteiger partial charge is 0.328 e. The van der Waals surface area contributed by atoms with Gasteiger partial charge in [0.2, 0.25) is 0 Å². The second-order valence-electron chi connectivity index (χ2n) is 3.34. The van der Waals surface area contributed by atoms with Crippen LogP contribution in [-0.2, 0) is 4.79 Å². The summed E-state index contributed by atoms with van der Waals surface area (Å²) in [6, 6.07) is 3.23. The minimum Gasteiger partial charge on any atom is -0.425 e. The van der Waals surface area contributed by atoms with Crippen molar-refractivity contribution < 1.29 is 14.5 Å². The van der Waals surface area contributed by atoms with E-state index in [1.165, 1.54) is 18.2 Å². The van der Waals surface area contributed by atoms with Crippen molar-refractivity contribution in [1.29, 1.82) is 0 Å². The van der Waals surface area contributed by atoms with Crippen molar-refractivity contribution in [3.8, 4) is 5.75 Å². The van der Waals surface area contributed by atoms with Crippen LogP contribution in [0.2, 0.25) is 0 Å². The molecule has 1 aromatic carbocycles. The molecule has 0 amide bonds. The lowest BCUT2D eigenvalue weighted by molar-refractivity contribution is -0.385. The average Bonchev–Trinajstić information content (AvgIpc) is 2.26. The Bertz CT molecular complexity index is 450. The van der Waals surface area contributed by atoms with E-state index in [4.69, 9.17) is 10.5 Å². The topological polar surface area (TPSA) is 95.5 Å². The number of nitro groups is 1. The Hall–Kier alpha value is -1.47. The van der Waals surface area contributed by atoms with Gasteiger partial charge in [-0.15, -0.1) is 0 Å². The van der Waals surface area contributed by atoms with Gasteiger partial charge in [-0.3, -0.25) is 10.1 Å². The van der Waals surface area contributed by atoms with Gasteiger partial charge < -0.3 is 10.5 Å². The van der Waals surface area contributed by atoms with E-state index in [1.807, 2.05) is 0 Å². The molecule has 0 heterocycles. The van der Waals surface area contributed by atoms with Crippen molar-refractivity contribution in [1.82, 2.24) is 0 Å². The van der Waals surface area contributed by atoms with Crippen LogP contribution in [0.1, 0.15) is 13.3 Å². The highest BCUT2D eigenvalue weighted by molar-refractivity contribution is 9.10. The van der Waals surface area contributed by atoms with Crippen molar-refractivity contribution in [3.05, 3.63) is 32.8 Å². The third-order valence-corrected chi connectivity index (χ3v) is 2.49. The van der Waals surface area contributed by atoms with E-state index in [-0.39, 0.29) is 11.4 Å². The average molecular weight is 303 g/mol. The standard InChI is InChI=1S/C10H11BrN2O4/c1-2-9(12)10(14)17-8-4-6(11)3-7(5-8)13(15)16/h3-5,9H,2,12H2,1H3. The van der Waals surface area contributed by atoms with Crippen LogP contribution < -0.4 is 10.5 Å². The molecule has 0 saturated heterocycles. The maximum absolute atomic E-state index is 11.4. The van der Waals surface area contributed by atoms with E-state index in [2.05, 4.69) is 15.9 Å². The number of halogens is 1. The molecule has 0 aliphatic rings. The van der Waals surface area contributed by atoms with Gasteiger partial charge in [0.05, 0.1) is 11.0 Å². The molecule has 1 atom stereocenters. The summed E-state index contributed by atoms with van der Waals surface area (Å²) in [5.41, 5.74) is 5.32. The van der Waals surface area contributed by atoms with Crippen LogP contribution in [0.5, 0.6) is 5.75 Å². The minimum atomic E-state index is -0.729. The van der Waals surface area contributed by atoms with Crippen LogP contribution in [0.15, 0.2) is 22.7 Å². The fourth-order valence-electron chi connectivity index (χ4n) is 1.07. The molecule has 17 heavy (non-hydrogen) atoms. The maximum Gasteiger partial charge on any atom is 0.328 e. The molecule has 0 aliphatic heterocycles. The van der Waals surface area contributed by atoms with Gasteiger partial charge in [0.25, 0.3) is 5.69 Å². The molecule has 1 rings (SSSR count). The summed E-state index contributed by atoms with van der Waals surface area (Å²) in [6.45, 7) is 1.75. The second kappa shape index (κ2) is 5.74. The number of hydrogen-bond donors (Lipinski definition) is 1. The SMILES string of the molecule is CCC(N)C(=O)Oc1cc(Br)cc([N+](=O)[O-])c1. The zero-order valence-corrected chi connectivity index (χ0v) is 10.6. The second-order valence-corrected chi connectivity index (χ2v) is 4.25. The number of nitrogens with zero attached hydrogens (tertiary/aromatic N) is 1. The number of carbonyl (C=O) groups is 1. The van der Waals surface area contributed by atoms with Crippen LogP contribution in [0, 0.1) is 10.1 Å². The van der Waals surface area contributed by atoms with Crippen molar-refractivity contribution in [2.45, 2.75) is 19.4 Å². The number of rotatable bonds is 4. The Kier molecular flexibility index (Phi) is 4.59. The number of ether oxygens (including phenoxy) is 1. The number of non-ortho nitro benzene ring substituents is 1. The summed E-state index contributed by atoms with van der Waals surface area (Å²) in [5, 5.41) is 10.6. The molecule has 6 nitrogen and oxygen atoms in total. The fourth-order valence-corrected chi connectivity index (χ4v) is 1.53. The van der Waals surface area contributed by atoms with Gasteiger partial charge in [-0.05, 0) is 12.5 Å². The molecule has 0 aromatic heterocycles. The molecule has 0 fully saturated rings. The van der Waals surface area contributed by atoms with Gasteiger partial charge >= 0.3 is 5.97 Å². The highest BCUT2D eigenvalue weighted by Crippen LogP contribution is 2.26. The largest absolute Gasteiger partial charge is 0.425 e. The molecule has 0 saturated carbocycles. The van der Waals surface area contributed by atoms with E-state index >= 15 is 0 Å². The summed E-state index contributed by atoms with van der Waals surface area (Å²) < 4.78 is 5.40. The number of esters is 1. The lowest BCUT2D eigenvalue weighted by Gasteiger charge is -2.08. The molecule has 7 heteroatoms. The molecule has 0 radical (unpaired) electrons. The minimum absolute atomic E-state index is 0.0972. The van der Waals surface area contributed by atoms with E-state index < -0.39 is 16.9 Å². The monoisotopic (exact) mass is 302 g/mol. The maximum atomic E-state index is 11.4. The lowest BCUT2D eigenvalue weighted by Crippen LogP contribution is -2.33. The number of hydrogen-bond acceptors (Lipinski definition) is 5. The van der Waals surface area contributed by atoms with Crippen molar-refractivity contribution in [2.24, 2.45) is 5.73 Å². The molecular formula is C10H11BrN2O4. The first-order valence-corrected chi connectivity index (χ1v) is 5.65. The Balaban J connectivity index is 2.92. The normalized spacial score (nSPS) is 11.9. The summed E-state index contributed by atoms with van der Waals surface area (Å²) in [4.78, 5) is 21.4. The molecule has 2 N–H and O–H groups in total. The first-order chi connectivity index (χ1) is 7.93. The van der Waals surface area contributed by atoms with Crippen LogP contribution in [0.25, 0.3) is 0 Å². The van der Waals surface area contributed by atoms with Crippen LogP contribution >= 0.6 is 15.9 Å². The van der Waals surface area contributed by atoms with Crippen molar-refractivity contribution >= 4 is 27.6 Å². The van der Waals surface area contributed by atoms with Gasteiger partial charge in [-0.25, -0.2) is 4.79 Å². The fraction of sp³-hybridized carbons (Fsp3) is 0.300. The predicted octanol–water partition coefficient (Wildman–Crippen LogP) is 2.00. The predicted molar refractivity (Wildman–Crippen MR) is 64.7 cm³/mol. The Labute approximate surface area is 106 Å². The zero-order chi connectivity index (χ0) is 13.0. The van der Waals surface area contributed by atoms with E-state index in [0.717, 1.165) is 0 Å². The van der Waals surface area contributed by atoms with E-state index in [1.54, 1.807) is 6.92 Å². The number of carbonyl (C=O) groups excluding carboxylic acids is 1. The van der Waals surface area contributed by atoms with Gasteiger partial charge in [0.15, 0.2) is 0 Å². The highest BCUT2D eigenvalue weighted by atomic mass is 79.9. The number of nitrogens with two attached hydrogens (primary N) is 1. The van der Waals surface area contributed by atoms with Gasteiger partial charge in [-0.2, -0.15) is 0 Å². The number of benzene rings is 1. The highest BCUT2D eigenvalue weighted by Gasteiger charge is 2.16. The summed E-state index contributed by atoms with van der Waals surface area (Å²) in [6.07, 6.45) is 0.439. The molecule has 92 valence electrons. The molecule has 0 bridgehead atoms. The van der Waals surface area contributed by atoms with Gasteiger partial charge in [0.1, 0.15) is 11.8 Å². The molecule has 0 aliphatic carbocycles. The number of nitro benzene ring substituents is 1. The quantitative estimate of drug-likeness (QED) is 0.397. The Morgan fingerprint density at radius 3 is 2.76 bits per heavy atom. The third-order valence-electron chi connectivity index (χ3n) is 2.03. The Morgan fingerprint density at radius 1 is 1.59 bits per heavy atom.